The Morgan fingerprint density at radius 3 is 2.56 bits per heavy atom. The molecule has 2 atom stereocenters. The number of rotatable bonds is 5. The number of halogens is 1. The summed E-state index contributed by atoms with van der Waals surface area (Å²) in [5.74, 6) is 0.760. The summed E-state index contributed by atoms with van der Waals surface area (Å²) in [6, 6.07) is 6.08. The molecule has 5 rings (SSSR count). The Balaban J connectivity index is 1.30. The standard InChI is InChI=1S/C25H32ClN3O3/c1-24(2,31)20-11-19(20)23(30)28-22-10-16-8-18(21(26)9-17(16)12-27-22)15-4-6-29(7-5-15)25(3)13-32-14-25/h8-10,12,15,19-20,31H,4-7,11,13-14H2,1-3H3,(H,27,28,30). The van der Waals surface area contributed by atoms with Gasteiger partial charge in [0, 0.05) is 22.5 Å². The van der Waals surface area contributed by atoms with Gasteiger partial charge >= 0.3 is 0 Å². The van der Waals surface area contributed by atoms with Crippen LogP contribution in [0.5, 0.6) is 0 Å². The molecule has 2 N–H and O–H groups in total. The number of aliphatic hydroxyl groups is 1. The van der Waals surface area contributed by atoms with Crippen LogP contribution in [-0.2, 0) is 9.53 Å². The first-order valence-corrected chi connectivity index (χ1v) is 12.0. The molecule has 7 heteroatoms. The SMILES string of the molecule is CC(C)(O)C1CC1C(=O)Nc1cc2cc(C3CCN(C4(C)COC4)CC3)c(Cl)cc2cn1. The number of aromatic nitrogens is 1. The Morgan fingerprint density at radius 2 is 1.97 bits per heavy atom. The van der Waals surface area contributed by atoms with Gasteiger partial charge in [-0.3, -0.25) is 9.69 Å². The molecule has 3 heterocycles. The maximum Gasteiger partial charge on any atom is 0.229 e. The number of nitrogens with zero attached hydrogens (tertiary/aromatic N) is 2. The molecule has 1 aromatic heterocycles. The zero-order valence-corrected chi connectivity index (χ0v) is 19.8. The van der Waals surface area contributed by atoms with Gasteiger partial charge in [0.1, 0.15) is 5.82 Å². The van der Waals surface area contributed by atoms with E-state index in [1.807, 2.05) is 12.1 Å². The third-order valence-electron chi connectivity index (χ3n) is 7.65. The van der Waals surface area contributed by atoms with E-state index in [1.54, 1.807) is 20.0 Å². The van der Waals surface area contributed by atoms with E-state index in [4.69, 9.17) is 16.3 Å². The summed E-state index contributed by atoms with van der Waals surface area (Å²) in [5.41, 5.74) is 0.549. The second-order valence-electron chi connectivity index (χ2n) is 10.6. The van der Waals surface area contributed by atoms with Crippen LogP contribution in [0.1, 0.15) is 51.5 Å². The van der Waals surface area contributed by atoms with E-state index >= 15 is 0 Å². The molecule has 1 aromatic carbocycles. The van der Waals surface area contributed by atoms with Crippen molar-refractivity contribution in [3.8, 4) is 0 Å². The summed E-state index contributed by atoms with van der Waals surface area (Å²) in [6.07, 6.45) is 4.64. The van der Waals surface area contributed by atoms with E-state index in [0.29, 0.717) is 18.2 Å². The predicted molar refractivity (Wildman–Crippen MR) is 126 cm³/mol. The lowest BCUT2D eigenvalue weighted by molar-refractivity contribution is -0.136. The lowest BCUT2D eigenvalue weighted by Crippen LogP contribution is -2.61. The number of likely N-dealkylation sites (tertiary alicyclic amines) is 1. The van der Waals surface area contributed by atoms with Crippen LogP contribution in [0.4, 0.5) is 5.82 Å². The molecular formula is C25H32ClN3O3. The van der Waals surface area contributed by atoms with Crippen molar-refractivity contribution in [1.82, 2.24) is 9.88 Å². The van der Waals surface area contributed by atoms with Gasteiger partial charge in [-0.1, -0.05) is 11.6 Å². The largest absolute Gasteiger partial charge is 0.390 e. The average molecular weight is 458 g/mol. The zero-order valence-electron chi connectivity index (χ0n) is 19.0. The number of amides is 1. The number of hydrogen-bond donors (Lipinski definition) is 2. The highest BCUT2D eigenvalue weighted by Crippen LogP contribution is 2.46. The van der Waals surface area contributed by atoms with Crippen molar-refractivity contribution in [2.45, 2.75) is 57.1 Å². The van der Waals surface area contributed by atoms with Crippen LogP contribution in [-0.4, -0.2) is 58.3 Å². The van der Waals surface area contributed by atoms with Gasteiger partial charge in [0.2, 0.25) is 5.91 Å². The van der Waals surface area contributed by atoms with Gasteiger partial charge in [-0.25, -0.2) is 4.98 Å². The van der Waals surface area contributed by atoms with E-state index < -0.39 is 5.60 Å². The number of carbonyl (C=O) groups excluding carboxylic acids is 1. The fourth-order valence-electron chi connectivity index (χ4n) is 5.36. The summed E-state index contributed by atoms with van der Waals surface area (Å²) in [7, 11) is 0. The smallest absolute Gasteiger partial charge is 0.229 e. The molecule has 0 bridgehead atoms. The highest BCUT2D eigenvalue weighted by atomic mass is 35.5. The summed E-state index contributed by atoms with van der Waals surface area (Å²) in [4.78, 5) is 19.5. The number of piperidine rings is 1. The average Bonchev–Trinajstić information content (AvgIpc) is 3.54. The first-order valence-electron chi connectivity index (χ1n) is 11.6. The second kappa shape index (κ2) is 7.94. The maximum absolute atomic E-state index is 12.6. The minimum absolute atomic E-state index is 0.00740. The van der Waals surface area contributed by atoms with Crippen LogP contribution < -0.4 is 5.32 Å². The van der Waals surface area contributed by atoms with Crippen molar-refractivity contribution < 1.29 is 14.6 Å². The van der Waals surface area contributed by atoms with Crippen LogP contribution >= 0.6 is 11.6 Å². The fraction of sp³-hybridized carbons (Fsp3) is 0.600. The number of anilines is 1. The van der Waals surface area contributed by atoms with Gasteiger partial charge < -0.3 is 15.2 Å². The number of hydrogen-bond acceptors (Lipinski definition) is 5. The van der Waals surface area contributed by atoms with Crippen molar-refractivity contribution in [2.75, 3.05) is 31.6 Å². The Morgan fingerprint density at radius 1 is 1.25 bits per heavy atom. The van der Waals surface area contributed by atoms with E-state index in [-0.39, 0.29) is 23.3 Å². The Bertz CT molecular complexity index is 1040. The Kier molecular flexibility index (Phi) is 5.48. The molecule has 32 heavy (non-hydrogen) atoms. The molecule has 0 radical (unpaired) electrons. The monoisotopic (exact) mass is 457 g/mol. The van der Waals surface area contributed by atoms with Gasteiger partial charge in [0.15, 0.2) is 0 Å². The van der Waals surface area contributed by atoms with Gasteiger partial charge in [-0.05, 0) is 94.1 Å². The van der Waals surface area contributed by atoms with Gasteiger partial charge in [0.25, 0.3) is 0 Å². The van der Waals surface area contributed by atoms with E-state index in [1.165, 1.54) is 5.56 Å². The van der Waals surface area contributed by atoms with Crippen LogP contribution in [0.25, 0.3) is 10.8 Å². The highest BCUT2D eigenvalue weighted by molar-refractivity contribution is 6.32. The molecule has 3 aliphatic rings. The van der Waals surface area contributed by atoms with Crippen LogP contribution in [0, 0.1) is 11.8 Å². The summed E-state index contributed by atoms with van der Waals surface area (Å²) in [5, 5.41) is 15.9. The molecule has 2 saturated heterocycles. The molecule has 1 aliphatic carbocycles. The van der Waals surface area contributed by atoms with Crippen molar-refractivity contribution >= 4 is 34.1 Å². The van der Waals surface area contributed by atoms with Crippen molar-refractivity contribution in [1.29, 1.82) is 0 Å². The lowest BCUT2D eigenvalue weighted by Gasteiger charge is -2.50. The molecule has 2 aromatic rings. The van der Waals surface area contributed by atoms with Crippen LogP contribution in [0.3, 0.4) is 0 Å². The van der Waals surface area contributed by atoms with E-state index in [9.17, 15) is 9.90 Å². The van der Waals surface area contributed by atoms with Gasteiger partial charge in [0.05, 0.1) is 24.4 Å². The number of ether oxygens (including phenoxy) is 1. The maximum atomic E-state index is 12.6. The summed E-state index contributed by atoms with van der Waals surface area (Å²) < 4.78 is 5.44. The van der Waals surface area contributed by atoms with Crippen molar-refractivity contribution in [3.05, 3.63) is 35.0 Å². The van der Waals surface area contributed by atoms with Gasteiger partial charge in [-0.2, -0.15) is 0 Å². The van der Waals surface area contributed by atoms with Crippen LogP contribution in [0.2, 0.25) is 5.02 Å². The normalized spacial score (nSPS) is 26.0. The van der Waals surface area contributed by atoms with Crippen LogP contribution in [0.15, 0.2) is 24.4 Å². The molecule has 3 fully saturated rings. The second-order valence-corrected chi connectivity index (χ2v) is 11.0. The molecule has 6 nitrogen and oxygen atoms in total. The quantitative estimate of drug-likeness (QED) is 0.703. The molecular weight excluding hydrogens is 426 g/mol. The molecule has 2 unspecified atom stereocenters. The third kappa shape index (κ3) is 4.14. The number of benzene rings is 1. The lowest BCUT2D eigenvalue weighted by atomic mass is 9.85. The molecule has 1 saturated carbocycles. The highest BCUT2D eigenvalue weighted by Gasteiger charge is 2.51. The number of nitrogens with one attached hydrogen (secondary N) is 1. The molecule has 0 spiro atoms. The minimum Gasteiger partial charge on any atom is -0.390 e. The Labute approximate surface area is 194 Å². The van der Waals surface area contributed by atoms with Gasteiger partial charge in [-0.15, -0.1) is 0 Å². The topological polar surface area (TPSA) is 74.7 Å². The van der Waals surface area contributed by atoms with E-state index in [2.05, 4.69) is 28.2 Å². The molecule has 172 valence electrons. The van der Waals surface area contributed by atoms with E-state index in [0.717, 1.165) is 54.9 Å². The first kappa shape index (κ1) is 22.1. The summed E-state index contributed by atoms with van der Waals surface area (Å²) in [6.45, 7) is 9.57. The zero-order chi connectivity index (χ0) is 22.7. The number of fused-ring (bicyclic) bond motifs is 1. The number of pyridine rings is 1. The minimum atomic E-state index is -0.830. The first-order chi connectivity index (χ1) is 15.1. The van der Waals surface area contributed by atoms with Crippen molar-refractivity contribution in [2.24, 2.45) is 11.8 Å². The predicted octanol–water partition coefficient (Wildman–Crippen LogP) is 4.20. The number of carbonyl (C=O) groups is 1. The molecule has 1 amide bonds. The molecule has 2 aliphatic heterocycles. The fourth-order valence-corrected chi connectivity index (χ4v) is 5.69. The summed E-state index contributed by atoms with van der Waals surface area (Å²) >= 11 is 6.68. The third-order valence-corrected chi connectivity index (χ3v) is 7.97. The Hall–Kier alpha value is -1.73. The van der Waals surface area contributed by atoms with Crippen molar-refractivity contribution in [3.63, 3.8) is 0 Å².